The zero-order valence-electron chi connectivity index (χ0n) is 8.03. The molecule has 0 bridgehead atoms. The minimum atomic E-state index is -0.833. The average Bonchev–Trinajstić information content (AvgIpc) is 2.17. The van der Waals surface area contributed by atoms with Crippen molar-refractivity contribution in [1.82, 2.24) is 0 Å². The van der Waals surface area contributed by atoms with Gasteiger partial charge in [-0.2, -0.15) is 0 Å². The minimum Gasteiger partial charge on any atom is -0.434 e. The number of hydrogen-bond acceptors (Lipinski definition) is 4. The number of primary amides is 2. The molecule has 0 saturated carbocycles. The summed E-state index contributed by atoms with van der Waals surface area (Å²) >= 11 is 0. The van der Waals surface area contributed by atoms with Crippen LogP contribution in [-0.4, -0.2) is 25.4 Å². The van der Waals surface area contributed by atoms with E-state index < -0.39 is 12.2 Å². The first-order valence-corrected chi connectivity index (χ1v) is 4.47. The van der Waals surface area contributed by atoms with Crippen molar-refractivity contribution in [3.05, 3.63) is 0 Å². The lowest BCUT2D eigenvalue weighted by Crippen LogP contribution is -2.18. The maximum atomic E-state index is 10.5. The molecule has 1 fully saturated rings. The zero-order valence-corrected chi connectivity index (χ0v) is 8.03. The fourth-order valence-corrected chi connectivity index (χ4v) is 0.910. The Labute approximate surface area is 82.5 Å². The maximum Gasteiger partial charge on any atom is 0.508 e. The predicted molar refractivity (Wildman–Crippen MR) is 49.5 cm³/mol. The van der Waals surface area contributed by atoms with Gasteiger partial charge in [-0.1, -0.05) is 0 Å². The van der Waals surface area contributed by atoms with Crippen molar-refractivity contribution >= 4 is 12.2 Å². The van der Waals surface area contributed by atoms with E-state index in [0.717, 1.165) is 25.7 Å². The van der Waals surface area contributed by atoms with Gasteiger partial charge in [-0.25, -0.2) is 9.59 Å². The van der Waals surface area contributed by atoms with Gasteiger partial charge in [0.15, 0.2) is 0 Å². The summed E-state index contributed by atoms with van der Waals surface area (Å²) in [5, 5.41) is 0. The molecule has 2 amide bonds. The van der Waals surface area contributed by atoms with E-state index in [9.17, 15) is 4.79 Å². The van der Waals surface area contributed by atoms with Crippen molar-refractivity contribution in [3.8, 4) is 0 Å². The normalized spacial score (nSPS) is 17.0. The number of carbonyl (C=O) groups excluding carboxylic acids is 2. The van der Waals surface area contributed by atoms with E-state index in [1.165, 1.54) is 0 Å². The second-order valence-corrected chi connectivity index (χ2v) is 2.76. The Hall–Kier alpha value is -1.46. The summed E-state index contributed by atoms with van der Waals surface area (Å²) in [7, 11) is 0. The van der Waals surface area contributed by atoms with Crippen LogP contribution in [0.3, 0.4) is 0 Å². The third-order valence-corrected chi connectivity index (χ3v) is 1.48. The largest absolute Gasteiger partial charge is 0.508 e. The molecule has 0 aromatic heterocycles. The fourth-order valence-electron chi connectivity index (χ4n) is 0.910. The van der Waals surface area contributed by atoms with E-state index in [4.69, 9.17) is 14.3 Å². The lowest BCUT2D eigenvalue weighted by molar-refractivity contribution is 0.0580. The first-order valence-electron chi connectivity index (χ1n) is 4.47. The van der Waals surface area contributed by atoms with Gasteiger partial charge < -0.3 is 20.9 Å². The van der Waals surface area contributed by atoms with Crippen LogP contribution in [0.4, 0.5) is 9.59 Å². The molecule has 1 aliphatic rings. The molecule has 0 atom stereocenters. The van der Waals surface area contributed by atoms with Crippen LogP contribution in [0.15, 0.2) is 0 Å². The van der Waals surface area contributed by atoms with Gasteiger partial charge in [0.25, 0.3) is 0 Å². The standard InChI is InChI=1S/C7H12O3.CH4N2O/c8-7-9-5-3-1-2-4-6-10-7;2-1(3)4/h1-6H2;(H4,2,3,4). The van der Waals surface area contributed by atoms with Crippen LogP contribution in [0.1, 0.15) is 25.7 Å². The zero-order chi connectivity index (χ0) is 10.8. The van der Waals surface area contributed by atoms with Crippen LogP contribution >= 0.6 is 0 Å². The van der Waals surface area contributed by atoms with Gasteiger partial charge in [-0.15, -0.1) is 0 Å². The van der Waals surface area contributed by atoms with Crippen LogP contribution in [0.2, 0.25) is 0 Å². The molecule has 0 aromatic rings. The summed E-state index contributed by atoms with van der Waals surface area (Å²) in [4.78, 5) is 19.5. The number of carbonyl (C=O) groups is 2. The van der Waals surface area contributed by atoms with Gasteiger partial charge in [0, 0.05) is 0 Å². The predicted octanol–water partition coefficient (Wildman–Crippen LogP) is 0.737. The molecule has 0 radical (unpaired) electrons. The number of ether oxygens (including phenoxy) is 2. The van der Waals surface area contributed by atoms with E-state index in [1.54, 1.807) is 0 Å². The SMILES string of the molecule is NC(N)=O.O=C1OCCCCCCO1. The Balaban J connectivity index is 0.000000364. The van der Waals surface area contributed by atoms with Gasteiger partial charge in [0.1, 0.15) is 0 Å². The molecule has 6 heteroatoms. The molecule has 4 N–H and O–H groups in total. The van der Waals surface area contributed by atoms with E-state index in [1.807, 2.05) is 0 Å². The quantitative estimate of drug-likeness (QED) is 0.567. The highest BCUT2D eigenvalue weighted by molar-refractivity contribution is 5.69. The minimum absolute atomic E-state index is 0.512. The lowest BCUT2D eigenvalue weighted by Gasteiger charge is -2.00. The van der Waals surface area contributed by atoms with Crippen LogP contribution in [0.25, 0.3) is 0 Å². The summed E-state index contributed by atoms with van der Waals surface area (Å²) in [6.45, 7) is 1.03. The van der Waals surface area contributed by atoms with Crippen LogP contribution in [0, 0.1) is 0 Å². The fraction of sp³-hybridized carbons (Fsp3) is 0.750. The van der Waals surface area contributed by atoms with Crippen molar-refractivity contribution in [3.63, 3.8) is 0 Å². The van der Waals surface area contributed by atoms with Gasteiger partial charge in [-0.05, 0) is 25.7 Å². The van der Waals surface area contributed by atoms with Gasteiger partial charge >= 0.3 is 12.2 Å². The lowest BCUT2D eigenvalue weighted by atomic mass is 10.2. The van der Waals surface area contributed by atoms with Crippen LogP contribution in [-0.2, 0) is 9.47 Å². The summed E-state index contributed by atoms with van der Waals surface area (Å²) in [5.41, 5.74) is 8.50. The van der Waals surface area contributed by atoms with Crippen molar-refractivity contribution in [2.75, 3.05) is 13.2 Å². The Bertz CT molecular complexity index is 168. The highest BCUT2D eigenvalue weighted by Gasteiger charge is 2.04. The average molecular weight is 204 g/mol. The molecule has 14 heavy (non-hydrogen) atoms. The molecule has 0 aliphatic carbocycles. The molecule has 0 spiro atoms. The van der Waals surface area contributed by atoms with E-state index in [2.05, 4.69) is 11.5 Å². The molecule has 6 nitrogen and oxygen atoms in total. The number of cyclic esters (lactones) is 2. The summed E-state index contributed by atoms with van der Waals surface area (Å²) in [6.07, 6.45) is 3.69. The third-order valence-electron chi connectivity index (χ3n) is 1.48. The molecular weight excluding hydrogens is 188 g/mol. The van der Waals surface area contributed by atoms with Crippen molar-refractivity contribution < 1.29 is 19.1 Å². The van der Waals surface area contributed by atoms with E-state index in [0.29, 0.717) is 13.2 Å². The monoisotopic (exact) mass is 204 g/mol. The summed E-state index contributed by atoms with van der Waals surface area (Å²) in [5.74, 6) is 0. The summed E-state index contributed by atoms with van der Waals surface area (Å²) < 4.78 is 9.40. The number of amides is 2. The molecule has 0 unspecified atom stereocenters. The number of nitrogens with two attached hydrogens (primary N) is 2. The Morgan fingerprint density at radius 1 is 1.00 bits per heavy atom. The maximum absolute atomic E-state index is 10.5. The molecule has 1 saturated heterocycles. The number of rotatable bonds is 0. The van der Waals surface area contributed by atoms with Gasteiger partial charge in [0.05, 0.1) is 13.2 Å². The smallest absolute Gasteiger partial charge is 0.434 e. The molecule has 1 rings (SSSR count). The highest BCUT2D eigenvalue weighted by atomic mass is 16.7. The first-order chi connectivity index (χ1) is 6.63. The molecule has 0 aromatic carbocycles. The van der Waals surface area contributed by atoms with Gasteiger partial charge in [0.2, 0.25) is 0 Å². The molecule has 1 aliphatic heterocycles. The summed E-state index contributed by atoms with van der Waals surface area (Å²) in [6, 6.07) is -0.833. The Morgan fingerprint density at radius 3 is 1.71 bits per heavy atom. The van der Waals surface area contributed by atoms with Crippen molar-refractivity contribution in [2.45, 2.75) is 25.7 Å². The van der Waals surface area contributed by atoms with Crippen LogP contribution in [0.5, 0.6) is 0 Å². The van der Waals surface area contributed by atoms with Gasteiger partial charge in [-0.3, -0.25) is 0 Å². The Kier molecular flexibility index (Phi) is 7.30. The third kappa shape index (κ3) is 10.5. The molecule has 82 valence electrons. The second kappa shape index (κ2) is 8.15. The molecular formula is C8H16N2O4. The van der Waals surface area contributed by atoms with E-state index >= 15 is 0 Å². The highest BCUT2D eigenvalue weighted by Crippen LogP contribution is 2.04. The number of hydrogen-bond donors (Lipinski definition) is 2. The second-order valence-electron chi connectivity index (χ2n) is 2.76. The topological polar surface area (TPSA) is 105 Å². The van der Waals surface area contributed by atoms with E-state index in [-0.39, 0.29) is 0 Å². The van der Waals surface area contributed by atoms with Crippen molar-refractivity contribution in [1.29, 1.82) is 0 Å². The molecule has 1 heterocycles. The Morgan fingerprint density at radius 2 is 1.36 bits per heavy atom. The van der Waals surface area contributed by atoms with Crippen LogP contribution < -0.4 is 11.5 Å². The number of urea groups is 1. The van der Waals surface area contributed by atoms with Crippen molar-refractivity contribution in [2.24, 2.45) is 11.5 Å². The first kappa shape index (κ1) is 12.5.